The Kier molecular flexibility index (Phi) is 7.42. The molecule has 1 unspecified atom stereocenters. The molecule has 11 heteroatoms. The van der Waals surface area contributed by atoms with Gasteiger partial charge < -0.3 is 10.3 Å². The smallest absolute Gasteiger partial charge is 0.286 e. The molecule has 0 spiro atoms. The Balaban J connectivity index is 1.79. The molecular formula is C20H18BrF2N5O3. The van der Waals surface area contributed by atoms with Gasteiger partial charge in [0.2, 0.25) is 5.82 Å². The number of benzene rings is 1. The van der Waals surface area contributed by atoms with E-state index >= 15 is 0 Å². The Labute approximate surface area is 184 Å². The minimum absolute atomic E-state index is 0.114. The molecule has 3 N–H and O–H groups in total. The van der Waals surface area contributed by atoms with Gasteiger partial charge in [-0.05, 0) is 24.6 Å². The first kappa shape index (κ1) is 22.5. The summed E-state index contributed by atoms with van der Waals surface area (Å²) < 4.78 is 29.1. The number of nitrogens with one attached hydrogen (secondary N) is 3. The Morgan fingerprint density at radius 1 is 1.32 bits per heavy atom. The number of H-pyrrole nitrogens is 1. The number of carbonyl (C=O) groups is 1. The highest BCUT2D eigenvalue weighted by molar-refractivity contribution is 9.10. The number of hydroxylamine groups is 1. The molecule has 3 rings (SSSR count). The van der Waals surface area contributed by atoms with Crippen molar-refractivity contribution >= 4 is 33.2 Å². The fourth-order valence-corrected chi connectivity index (χ4v) is 2.99. The van der Waals surface area contributed by atoms with Crippen molar-refractivity contribution in [3.8, 4) is 0 Å². The molecule has 2 aromatic heterocycles. The van der Waals surface area contributed by atoms with E-state index in [9.17, 15) is 18.4 Å². The van der Waals surface area contributed by atoms with Gasteiger partial charge in [0.05, 0.1) is 28.7 Å². The predicted octanol–water partition coefficient (Wildman–Crippen LogP) is 3.63. The summed E-state index contributed by atoms with van der Waals surface area (Å²) in [5.74, 6) is -2.79. The largest absolute Gasteiger partial charge is 0.350 e. The molecule has 2 heterocycles. The van der Waals surface area contributed by atoms with E-state index in [0.29, 0.717) is 23.0 Å². The van der Waals surface area contributed by atoms with Crippen LogP contribution in [0.25, 0.3) is 0 Å². The standard InChI is InChI=1S/C20H18BrF2N5O3/c1-2-13(8-12-9-24-5-6-25-12)31-28-19(29)14-10-26-20(30)17(23)18(14)27-16-4-3-11(21)7-15(16)22/h3-7,9-10,13H,2,8H2,1H3,(H,28,29)(H2,26,27,30). The number of hydrogen-bond donors (Lipinski definition) is 3. The summed E-state index contributed by atoms with van der Waals surface area (Å²) >= 11 is 3.12. The molecule has 1 atom stereocenters. The maximum Gasteiger partial charge on any atom is 0.286 e. The molecule has 0 fully saturated rings. The summed E-state index contributed by atoms with van der Waals surface area (Å²) in [6, 6.07) is 4.03. The van der Waals surface area contributed by atoms with E-state index < -0.39 is 34.9 Å². The van der Waals surface area contributed by atoms with Crippen LogP contribution in [-0.2, 0) is 11.3 Å². The number of hydrogen-bond acceptors (Lipinski definition) is 6. The highest BCUT2D eigenvalue weighted by Crippen LogP contribution is 2.26. The molecule has 1 aromatic carbocycles. The van der Waals surface area contributed by atoms with E-state index in [-0.39, 0.29) is 11.3 Å². The first-order chi connectivity index (χ1) is 14.9. The molecular weight excluding hydrogens is 476 g/mol. The van der Waals surface area contributed by atoms with E-state index in [1.165, 1.54) is 12.1 Å². The van der Waals surface area contributed by atoms with E-state index in [2.05, 4.69) is 41.7 Å². The summed E-state index contributed by atoms with van der Waals surface area (Å²) in [5.41, 5.74) is 0.997. The average molecular weight is 494 g/mol. The summed E-state index contributed by atoms with van der Waals surface area (Å²) in [6.45, 7) is 1.86. The third-order valence-electron chi connectivity index (χ3n) is 4.30. The number of aromatic amines is 1. The summed E-state index contributed by atoms with van der Waals surface area (Å²) in [5, 5.41) is 2.47. The van der Waals surface area contributed by atoms with Gasteiger partial charge in [-0.25, -0.2) is 9.87 Å². The SMILES string of the molecule is CCC(Cc1cnccn1)ONC(=O)c1c[nH]c(=O)c(F)c1Nc1ccc(Br)cc1F. The maximum absolute atomic E-state index is 14.5. The van der Waals surface area contributed by atoms with E-state index in [0.717, 1.165) is 12.3 Å². The molecule has 31 heavy (non-hydrogen) atoms. The van der Waals surface area contributed by atoms with E-state index in [1.807, 2.05) is 6.92 Å². The molecule has 0 saturated carbocycles. The third-order valence-corrected chi connectivity index (χ3v) is 4.79. The van der Waals surface area contributed by atoms with Crippen LogP contribution in [0.2, 0.25) is 0 Å². The van der Waals surface area contributed by atoms with Gasteiger partial charge in [0.15, 0.2) is 0 Å². The zero-order valence-electron chi connectivity index (χ0n) is 16.3. The second-order valence-corrected chi connectivity index (χ2v) is 7.37. The third kappa shape index (κ3) is 5.70. The second kappa shape index (κ2) is 10.2. The van der Waals surface area contributed by atoms with Crippen molar-refractivity contribution in [1.82, 2.24) is 20.4 Å². The van der Waals surface area contributed by atoms with Crippen molar-refractivity contribution in [2.75, 3.05) is 5.32 Å². The molecule has 0 aliphatic heterocycles. The second-order valence-electron chi connectivity index (χ2n) is 6.45. The van der Waals surface area contributed by atoms with Gasteiger partial charge >= 0.3 is 0 Å². The minimum atomic E-state index is -1.26. The number of rotatable bonds is 8. The van der Waals surface area contributed by atoms with Gasteiger partial charge in [0, 0.05) is 35.7 Å². The van der Waals surface area contributed by atoms with Crippen LogP contribution in [0, 0.1) is 11.6 Å². The number of aromatic nitrogens is 3. The fraction of sp³-hybridized carbons (Fsp3) is 0.200. The first-order valence-electron chi connectivity index (χ1n) is 9.23. The normalized spacial score (nSPS) is 11.7. The van der Waals surface area contributed by atoms with Crippen LogP contribution < -0.4 is 16.4 Å². The molecule has 0 bridgehead atoms. The van der Waals surface area contributed by atoms with Crippen LogP contribution in [0.4, 0.5) is 20.2 Å². The molecule has 0 saturated heterocycles. The van der Waals surface area contributed by atoms with Crippen molar-refractivity contribution in [2.45, 2.75) is 25.9 Å². The highest BCUT2D eigenvalue weighted by Gasteiger charge is 2.21. The Morgan fingerprint density at radius 3 is 2.81 bits per heavy atom. The zero-order chi connectivity index (χ0) is 22.4. The Hall–Kier alpha value is -3.18. The van der Waals surface area contributed by atoms with Gasteiger partial charge in [0.1, 0.15) is 5.82 Å². The molecule has 8 nitrogen and oxygen atoms in total. The van der Waals surface area contributed by atoms with Crippen LogP contribution in [0.15, 0.2) is 52.3 Å². The fourth-order valence-electron chi connectivity index (χ4n) is 2.66. The Morgan fingerprint density at radius 2 is 2.13 bits per heavy atom. The van der Waals surface area contributed by atoms with Gasteiger partial charge in [-0.2, -0.15) is 4.39 Å². The van der Waals surface area contributed by atoms with Gasteiger partial charge in [-0.15, -0.1) is 0 Å². The summed E-state index contributed by atoms with van der Waals surface area (Å²) in [6.07, 6.45) is 6.20. The molecule has 3 aromatic rings. The lowest BCUT2D eigenvalue weighted by atomic mass is 10.1. The Bertz CT molecular complexity index is 1130. The average Bonchev–Trinajstić information content (AvgIpc) is 2.76. The lowest BCUT2D eigenvalue weighted by molar-refractivity contribution is -0.0175. The molecule has 1 amide bonds. The van der Waals surface area contributed by atoms with Crippen LogP contribution >= 0.6 is 15.9 Å². The number of anilines is 2. The number of amides is 1. The van der Waals surface area contributed by atoms with Crippen molar-refractivity contribution in [3.63, 3.8) is 0 Å². The predicted molar refractivity (Wildman–Crippen MR) is 113 cm³/mol. The lowest BCUT2D eigenvalue weighted by Crippen LogP contribution is -2.32. The summed E-state index contributed by atoms with van der Waals surface area (Å²) in [4.78, 5) is 40.0. The van der Waals surface area contributed by atoms with Crippen molar-refractivity contribution in [3.05, 3.63) is 80.7 Å². The van der Waals surface area contributed by atoms with Gasteiger partial charge in [-0.3, -0.25) is 24.4 Å². The van der Waals surface area contributed by atoms with Crippen molar-refractivity contribution in [1.29, 1.82) is 0 Å². The van der Waals surface area contributed by atoms with Gasteiger partial charge in [-0.1, -0.05) is 22.9 Å². The lowest BCUT2D eigenvalue weighted by Gasteiger charge is -2.17. The maximum atomic E-state index is 14.5. The number of pyridine rings is 1. The summed E-state index contributed by atoms with van der Waals surface area (Å²) in [7, 11) is 0. The number of carbonyl (C=O) groups excluding carboxylic acids is 1. The van der Waals surface area contributed by atoms with Crippen molar-refractivity contribution in [2.24, 2.45) is 0 Å². The highest BCUT2D eigenvalue weighted by atomic mass is 79.9. The van der Waals surface area contributed by atoms with Crippen molar-refractivity contribution < 1.29 is 18.4 Å². The number of halogens is 3. The molecule has 162 valence electrons. The van der Waals surface area contributed by atoms with Crippen LogP contribution in [0.3, 0.4) is 0 Å². The van der Waals surface area contributed by atoms with Crippen LogP contribution in [0.5, 0.6) is 0 Å². The monoisotopic (exact) mass is 493 g/mol. The first-order valence-corrected chi connectivity index (χ1v) is 10.0. The van der Waals surface area contributed by atoms with Crippen LogP contribution in [0.1, 0.15) is 29.4 Å². The molecule has 0 aliphatic carbocycles. The number of nitrogens with zero attached hydrogens (tertiary/aromatic N) is 2. The molecule has 0 radical (unpaired) electrons. The van der Waals surface area contributed by atoms with Crippen LogP contribution in [-0.4, -0.2) is 27.0 Å². The van der Waals surface area contributed by atoms with E-state index in [4.69, 9.17) is 4.84 Å². The zero-order valence-corrected chi connectivity index (χ0v) is 17.9. The van der Waals surface area contributed by atoms with E-state index in [1.54, 1.807) is 18.6 Å². The topological polar surface area (TPSA) is 109 Å². The molecule has 0 aliphatic rings. The quantitative estimate of drug-likeness (QED) is 0.413. The van der Waals surface area contributed by atoms with Gasteiger partial charge in [0.25, 0.3) is 11.5 Å². The minimum Gasteiger partial charge on any atom is -0.350 e.